The van der Waals surface area contributed by atoms with Crippen molar-refractivity contribution in [1.29, 1.82) is 0 Å². The lowest BCUT2D eigenvalue weighted by Crippen LogP contribution is -2.13. The van der Waals surface area contributed by atoms with Crippen LogP contribution in [0.4, 0.5) is 35.1 Å². The van der Waals surface area contributed by atoms with E-state index in [1.807, 2.05) is 0 Å². The lowest BCUT2D eigenvalue weighted by atomic mass is 10.00. The van der Waals surface area contributed by atoms with E-state index in [0.29, 0.717) is 9.36 Å². The van der Waals surface area contributed by atoms with Crippen LogP contribution in [0.15, 0.2) is 36.9 Å². The highest BCUT2D eigenvalue weighted by atomic mass is 19.2. The molecule has 0 amide bonds. The smallest absolute Gasteiger partial charge is 0.188 e. The van der Waals surface area contributed by atoms with Gasteiger partial charge in [0, 0.05) is 24.8 Å². The van der Waals surface area contributed by atoms with Crippen molar-refractivity contribution in [3.8, 4) is 22.5 Å². The van der Waals surface area contributed by atoms with Crippen LogP contribution >= 0.6 is 0 Å². The molecule has 0 aliphatic rings. The fourth-order valence-electron chi connectivity index (χ4n) is 2.88. The van der Waals surface area contributed by atoms with Crippen molar-refractivity contribution in [2.75, 3.05) is 0 Å². The average Bonchev–Trinajstić information content (AvgIpc) is 3.42. The van der Waals surface area contributed by atoms with Crippen LogP contribution in [0.2, 0.25) is 0 Å². The first-order chi connectivity index (χ1) is 14.3. The van der Waals surface area contributed by atoms with Crippen LogP contribution in [0.5, 0.6) is 0 Å². The zero-order valence-electron chi connectivity index (χ0n) is 14.3. The maximum absolute atomic E-state index is 14.6. The molecule has 0 spiro atoms. The minimum absolute atomic E-state index is 0.426. The van der Waals surface area contributed by atoms with Crippen LogP contribution in [0.25, 0.3) is 22.5 Å². The van der Waals surface area contributed by atoms with E-state index in [0.717, 1.165) is 24.8 Å². The Morgan fingerprint density at radius 2 is 0.767 bits per heavy atom. The fourth-order valence-corrected chi connectivity index (χ4v) is 2.88. The summed E-state index contributed by atoms with van der Waals surface area (Å²) < 4.78 is 117. The third-order valence-electron chi connectivity index (χ3n) is 4.20. The summed E-state index contributed by atoms with van der Waals surface area (Å²) in [5, 5.41) is 6.84. The molecule has 12 heteroatoms. The van der Waals surface area contributed by atoms with Crippen LogP contribution < -0.4 is 0 Å². The monoisotopic (exact) mass is 430 g/mol. The first-order valence-corrected chi connectivity index (χ1v) is 7.98. The number of hydrogen-bond donors (Lipinski definition) is 0. The van der Waals surface area contributed by atoms with Gasteiger partial charge >= 0.3 is 0 Å². The predicted molar refractivity (Wildman–Crippen MR) is 85.8 cm³/mol. The van der Waals surface area contributed by atoms with Gasteiger partial charge in [0.1, 0.15) is 11.4 Å². The highest BCUT2D eigenvalue weighted by molar-refractivity contribution is 5.70. The van der Waals surface area contributed by atoms with E-state index in [9.17, 15) is 35.1 Å². The number of hydrogen-bond acceptors (Lipinski definition) is 2. The van der Waals surface area contributed by atoms with E-state index >= 15 is 0 Å². The van der Waals surface area contributed by atoms with Gasteiger partial charge in [-0.1, -0.05) is 0 Å². The van der Waals surface area contributed by atoms with E-state index in [2.05, 4.69) is 10.2 Å². The van der Waals surface area contributed by atoms with E-state index in [-0.39, 0.29) is 0 Å². The number of halogens is 8. The summed E-state index contributed by atoms with van der Waals surface area (Å²) in [7, 11) is 0. The molecule has 0 unspecified atom stereocenters. The Balaban J connectivity index is 2.05. The molecule has 0 fully saturated rings. The van der Waals surface area contributed by atoms with Gasteiger partial charge in [-0.2, -0.15) is 10.2 Å². The average molecular weight is 430 g/mol. The van der Waals surface area contributed by atoms with Gasteiger partial charge in [0.2, 0.25) is 0 Å². The lowest BCUT2D eigenvalue weighted by Gasteiger charge is -2.15. The highest BCUT2D eigenvalue weighted by Crippen LogP contribution is 2.39. The van der Waals surface area contributed by atoms with Gasteiger partial charge in [-0.3, -0.25) is 0 Å². The summed E-state index contributed by atoms with van der Waals surface area (Å²) in [6.45, 7) is 0. The molecule has 0 aliphatic heterocycles. The molecular formula is C18H6F8N4. The van der Waals surface area contributed by atoms with Crippen molar-refractivity contribution >= 4 is 0 Å². The molecular weight excluding hydrogens is 424 g/mol. The molecule has 0 radical (unpaired) electrons. The maximum Gasteiger partial charge on any atom is 0.188 e. The third kappa shape index (κ3) is 2.67. The molecule has 0 aliphatic carbocycles. The number of nitrogens with zero attached hydrogens (tertiary/aromatic N) is 4. The Bertz CT molecular complexity index is 1110. The van der Waals surface area contributed by atoms with E-state index < -0.39 is 69.0 Å². The Hall–Kier alpha value is -3.70. The molecule has 4 nitrogen and oxygen atoms in total. The molecule has 4 aromatic rings. The van der Waals surface area contributed by atoms with Crippen LogP contribution in [0.1, 0.15) is 0 Å². The molecule has 2 aromatic heterocycles. The SMILES string of the molecule is Fc1c(F)c(-n2cccn2)c(F)c(F)c1-c1c(F)c(F)c(-n2cccn2)c(F)c1F. The van der Waals surface area contributed by atoms with E-state index in [4.69, 9.17) is 0 Å². The second-order valence-corrected chi connectivity index (χ2v) is 5.86. The Kier molecular flexibility index (Phi) is 4.56. The number of benzene rings is 2. The van der Waals surface area contributed by atoms with E-state index in [1.165, 1.54) is 12.1 Å². The van der Waals surface area contributed by atoms with Gasteiger partial charge < -0.3 is 0 Å². The summed E-state index contributed by atoms with van der Waals surface area (Å²) in [6, 6.07) is 2.36. The van der Waals surface area contributed by atoms with Gasteiger partial charge in [-0.15, -0.1) is 0 Å². The highest BCUT2D eigenvalue weighted by Gasteiger charge is 2.35. The Morgan fingerprint density at radius 3 is 1.00 bits per heavy atom. The van der Waals surface area contributed by atoms with Gasteiger partial charge in [-0.05, 0) is 12.1 Å². The molecule has 30 heavy (non-hydrogen) atoms. The molecule has 2 aromatic carbocycles. The quantitative estimate of drug-likeness (QED) is 0.345. The van der Waals surface area contributed by atoms with Gasteiger partial charge in [0.05, 0.1) is 11.1 Å². The zero-order chi connectivity index (χ0) is 21.7. The first kappa shape index (κ1) is 19.6. The van der Waals surface area contributed by atoms with Gasteiger partial charge in [0.15, 0.2) is 46.5 Å². The molecule has 4 rings (SSSR count). The third-order valence-corrected chi connectivity index (χ3v) is 4.20. The summed E-state index contributed by atoms with van der Waals surface area (Å²) in [4.78, 5) is 0. The van der Waals surface area contributed by atoms with Crippen LogP contribution in [0, 0.1) is 46.5 Å². The molecule has 0 atom stereocenters. The summed E-state index contributed by atoms with van der Waals surface area (Å²) in [6.07, 6.45) is 3.97. The van der Waals surface area contributed by atoms with Crippen molar-refractivity contribution in [2.24, 2.45) is 0 Å². The number of rotatable bonds is 3. The molecule has 2 heterocycles. The fraction of sp³-hybridized carbons (Fsp3) is 0. The van der Waals surface area contributed by atoms with Crippen molar-refractivity contribution < 1.29 is 35.1 Å². The van der Waals surface area contributed by atoms with E-state index in [1.54, 1.807) is 0 Å². The number of aromatic nitrogens is 4. The summed E-state index contributed by atoms with van der Waals surface area (Å²) in [5.41, 5.74) is -6.57. The summed E-state index contributed by atoms with van der Waals surface area (Å²) >= 11 is 0. The van der Waals surface area contributed by atoms with Crippen molar-refractivity contribution in [2.45, 2.75) is 0 Å². The Labute approximate surface area is 161 Å². The van der Waals surface area contributed by atoms with Gasteiger partial charge in [0.25, 0.3) is 0 Å². The van der Waals surface area contributed by atoms with Gasteiger partial charge in [-0.25, -0.2) is 44.5 Å². The zero-order valence-corrected chi connectivity index (χ0v) is 14.3. The van der Waals surface area contributed by atoms with Crippen molar-refractivity contribution in [3.63, 3.8) is 0 Å². The first-order valence-electron chi connectivity index (χ1n) is 7.98. The normalized spacial score (nSPS) is 11.3. The Morgan fingerprint density at radius 1 is 0.467 bits per heavy atom. The molecule has 0 bridgehead atoms. The summed E-state index contributed by atoms with van der Waals surface area (Å²) in [5.74, 6) is -17.4. The molecule has 0 N–H and O–H groups in total. The van der Waals surface area contributed by atoms with Crippen molar-refractivity contribution in [3.05, 3.63) is 83.5 Å². The molecule has 154 valence electrons. The molecule has 0 saturated carbocycles. The minimum Gasteiger partial charge on any atom is -0.235 e. The largest absolute Gasteiger partial charge is 0.235 e. The van der Waals surface area contributed by atoms with Crippen molar-refractivity contribution in [1.82, 2.24) is 19.6 Å². The van der Waals surface area contributed by atoms with Crippen LogP contribution in [-0.2, 0) is 0 Å². The topological polar surface area (TPSA) is 35.6 Å². The van der Waals surface area contributed by atoms with Crippen LogP contribution in [-0.4, -0.2) is 19.6 Å². The maximum atomic E-state index is 14.6. The second kappa shape index (κ2) is 6.97. The minimum atomic E-state index is -2.28. The standard InChI is InChI=1S/C18H6F8N4/c19-9-7(10(20)14(24)17(13(9)23)29-5-1-3-27-29)8-11(21)15(25)18(16(26)12(8)22)30-6-2-4-28-30/h1-6H. The predicted octanol–water partition coefficient (Wildman–Crippen LogP) is 4.84. The van der Waals surface area contributed by atoms with Crippen LogP contribution in [0.3, 0.4) is 0 Å². The second-order valence-electron chi connectivity index (χ2n) is 5.86. The molecule has 0 saturated heterocycles. The lowest BCUT2D eigenvalue weighted by molar-refractivity contribution is 0.433.